The zero-order chi connectivity index (χ0) is 21.7. The van der Waals surface area contributed by atoms with Gasteiger partial charge in [0, 0.05) is 38.8 Å². The first kappa shape index (κ1) is 21.3. The number of urea groups is 1. The van der Waals surface area contributed by atoms with E-state index in [0.717, 1.165) is 16.7 Å². The molecule has 0 radical (unpaired) electrons. The fourth-order valence-electron chi connectivity index (χ4n) is 3.52. The topological polar surface area (TPSA) is 108 Å². The number of aryl methyl sites for hydroxylation is 1. The Hall–Kier alpha value is -3.39. The van der Waals surface area contributed by atoms with E-state index < -0.39 is 18.1 Å². The van der Waals surface area contributed by atoms with Crippen molar-refractivity contribution in [1.29, 1.82) is 0 Å². The first-order valence-corrected chi connectivity index (χ1v) is 9.86. The van der Waals surface area contributed by atoms with E-state index in [4.69, 9.17) is 5.73 Å². The van der Waals surface area contributed by atoms with E-state index >= 15 is 0 Å². The Morgan fingerprint density at radius 1 is 1.03 bits per heavy atom. The van der Waals surface area contributed by atoms with Crippen LogP contribution < -0.4 is 16.4 Å². The fourth-order valence-corrected chi connectivity index (χ4v) is 3.52. The predicted octanol–water partition coefficient (Wildman–Crippen LogP) is 1.79. The SMILES string of the molecule is CC(=O)N1CCN(C(=O)Nc2cccc(C)c2)C1C(=O)NCc1cccc(CN)c1. The average Bonchev–Trinajstić information content (AvgIpc) is 3.18. The molecule has 1 fully saturated rings. The van der Waals surface area contributed by atoms with E-state index in [1.54, 1.807) is 6.07 Å². The number of carbonyl (C=O) groups excluding carboxylic acids is 3. The molecule has 0 bridgehead atoms. The molecule has 1 aliphatic heterocycles. The van der Waals surface area contributed by atoms with Crippen LogP contribution in [0.5, 0.6) is 0 Å². The van der Waals surface area contributed by atoms with Gasteiger partial charge in [0.1, 0.15) is 0 Å². The molecule has 158 valence electrons. The number of benzene rings is 2. The van der Waals surface area contributed by atoms with E-state index in [-0.39, 0.29) is 19.0 Å². The Balaban J connectivity index is 1.72. The summed E-state index contributed by atoms with van der Waals surface area (Å²) in [4.78, 5) is 40.7. The van der Waals surface area contributed by atoms with Crippen molar-refractivity contribution < 1.29 is 14.4 Å². The molecule has 8 heteroatoms. The van der Waals surface area contributed by atoms with Gasteiger partial charge in [0.05, 0.1) is 0 Å². The molecule has 2 aromatic carbocycles. The van der Waals surface area contributed by atoms with E-state index in [2.05, 4.69) is 10.6 Å². The van der Waals surface area contributed by atoms with Crippen LogP contribution in [0.25, 0.3) is 0 Å². The molecule has 1 saturated heterocycles. The number of hydrogen-bond acceptors (Lipinski definition) is 4. The maximum atomic E-state index is 13.0. The molecule has 8 nitrogen and oxygen atoms in total. The molecule has 3 rings (SSSR count). The molecule has 4 N–H and O–H groups in total. The number of nitrogens with one attached hydrogen (secondary N) is 2. The van der Waals surface area contributed by atoms with Crippen LogP contribution in [0.4, 0.5) is 10.5 Å². The predicted molar refractivity (Wildman–Crippen MR) is 114 cm³/mol. The molecule has 1 unspecified atom stereocenters. The van der Waals surface area contributed by atoms with E-state index in [9.17, 15) is 14.4 Å². The van der Waals surface area contributed by atoms with E-state index in [0.29, 0.717) is 18.8 Å². The quantitative estimate of drug-likeness (QED) is 0.700. The first-order valence-electron chi connectivity index (χ1n) is 9.86. The fraction of sp³-hybridized carbons (Fsp3) is 0.318. The van der Waals surface area contributed by atoms with Gasteiger partial charge in [0.2, 0.25) is 5.91 Å². The summed E-state index contributed by atoms with van der Waals surface area (Å²) in [6, 6.07) is 14.6. The second-order valence-electron chi connectivity index (χ2n) is 7.32. The van der Waals surface area contributed by atoms with E-state index in [1.165, 1.54) is 16.7 Å². The van der Waals surface area contributed by atoms with Crippen LogP contribution in [0.1, 0.15) is 23.6 Å². The van der Waals surface area contributed by atoms with Gasteiger partial charge in [0.25, 0.3) is 5.91 Å². The minimum absolute atomic E-state index is 0.258. The highest BCUT2D eigenvalue weighted by Gasteiger charge is 2.41. The smallest absolute Gasteiger partial charge is 0.323 e. The molecule has 2 aromatic rings. The molecule has 0 spiro atoms. The third-order valence-electron chi connectivity index (χ3n) is 5.04. The van der Waals surface area contributed by atoms with Crippen molar-refractivity contribution in [2.45, 2.75) is 33.1 Å². The first-order chi connectivity index (χ1) is 14.4. The maximum Gasteiger partial charge on any atom is 0.323 e. The molecule has 0 aliphatic carbocycles. The summed E-state index contributed by atoms with van der Waals surface area (Å²) in [5.41, 5.74) is 9.18. The highest BCUT2D eigenvalue weighted by Crippen LogP contribution is 2.18. The molecule has 1 heterocycles. The Morgan fingerprint density at radius 2 is 1.73 bits per heavy atom. The Bertz CT molecular complexity index is 946. The van der Waals surface area contributed by atoms with Crippen molar-refractivity contribution >= 4 is 23.5 Å². The normalized spacial score (nSPS) is 15.8. The number of amides is 4. The number of hydrogen-bond donors (Lipinski definition) is 3. The minimum Gasteiger partial charge on any atom is -0.349 e. The lowest BCUT2D eigenvalue weighted by Gasteiger charge is -2.28. The third kappa shape index (κ3) is 4.96. The monoisotopic (exact) mass is 409 g/mol. The minimum atomic E-state index is -0.995. The molecule has 1 aliphatic rings. The molecular formula is C22H27N5O3. The lowest BCUT2D eigenvalue weighted by Crippen LogP contribution is -2.54. The van der Waals surface area contributed by atoms with Crippen molar-refractivity contribution in [3.8, 4) is 0 Å². The van der Waals surface area contributed by atoms with Crippen LogP contribution in [-0.4, -0.2) is 46.9 Å². The highest BCUT2D eigenvalue weighted by molar-refractivity contribution is 5.96. The summed E-state index contributed by atoms with van der Waals surface area (Å²) in [6.45, 7) is 4.60. The summed E-state index contributed by atoms with van der Waals surface area (Å²) >= 11 is 0. The zero-order valence-electron chi connectivity index (χ0n) is 17.2. The van der Waals surface area contributed by atoms with Crippen LogP contribution in [0.2, 0.25) is 0 Å². The second-order valence-corrected chi connectivity index (χ2v) is 7.32. The Morgan fingerprint density at radius 3 is 2.43 bits per heavy atom. The van der Waals surface area contributed by atoms with Crippen LogP contribution in [0.3, 0.4) is 0 Å². The average molecular weight is 409 g/mol. The summed E-state index contributed by atoms with van der Waals surface area (Å²) < 4.78 is 0. The van der Waals surface area contributed by atoms with Gasteiger partial charge >= 0.3 is 6.03 Å². The van der Waals surface area contributed by atoms with Crippen molar-refractivity contribution in [3.05, 3.63) is 65.2 Å². The molecule has 0 aromatic heterocycles. The number of rotatable bonds is 5. The van der Waals surface area contributed by atoms with Gasteiger partial charge < -0.3 is 21.3 Å². The molecule has 4 amide bonds. The number of nitrogens with two attached hydrogens (primary N) is 1. The zero-order valence-corrected chi connectivity index (χ0v) is 17.2. The number of anilines is 1. The van der Waals surface area contributed by atoms with Gasteiger partial charge in [-0.2, -0.15) is 0 Å². The van der Waals surface area contributed by atoms with Crippen molar-refractivity contribution in [2.75, 3.05) is 18.4 Å². The van der Waals surface area contributed by atoms with Gasteiger partial charge in [-0.1, -0.05) is 36.4 Å². The highest BCUT2D eigenvalue weighted by atomic mass is 16.2. The lowest BCUT2D eigenvalue weighted by molar-refractivity contribution is -0.139. The molecule has 1 atom stereocenters. The van der Waals surface area contributed by atoms with Gasteiger partial charge in [-0.05, 0) is 35.7 Å². The standard InChI is InChI=1S/C22H27N5O3/c1-15-5-3-8-19(11-15)25-22(30)27-10-9-26(16(2)28)21(27)20(29)24-14-18-7-4-6-17(12-18)13-23/h3-8,11-12,21H,9-10,13-14,23H2,1-2H3,(H,24,29)(H,25,30). The van der Waals surface area contributed by atoms with E-state index in [1.807, 2.05) is 49.4 Å². The third-order valence-corrected chi connectivity index (χ3v) is 5.04. The van der Waals surface area contributed by atoms with Gasteiger partial charge in [0.15, 0.2) is 6.17 Å². The second kappa shape index (κ2) is 9.41. The largest absolute Gasteiger partial charge is 0.349 e. The van der Waals surface area contributed by atoms with Crippen LogP contribution >= 0.6 is 0 Å². The van der Waals surface area contributed by atoms with Gasteiger partial charge in [-0.25, -0.2) is 4.79 Å². The van der Waals surface area contributed by atoms with Crippen molar-refractivity contribution in [3.63, 3.8) is 0 Å². The summed E-state index contributed by atoms with van der Waals surface area (Å²) in [7, 11) is 0. The van der Waals surface area contributed by atoms with Crippen LogP contribution in [0, 0.1) is 6.92 Å². The lowest BCUT2D eigenvalue weighted by atomic mass is 10.1. The maximum absolute atomic E-state index is 13.0. The van der Waals surface area contributed by atoms with Crippen LogP contribution in [-0.2, 0) is 22.7 Å². The summed E-state index contributed by atoms with van der Waals surface area (Å²) in [5, 5.41) is 5.65. The van der Waals surface area contributed by atoms with Crippen molar-refractivity contribution in [2.24, 2.45) is 5.73 Å². The molecule has 30 heavy (non-hydrogen) atoms. The number of carbonyl (C=O) groups is 3. The van der Waals surface area contributed by atoms with Gasteiger partial charge in [-0.15, -0.1) is 0 Å². The summed E-state index contributed by atoms with van der Waals surface area (Å²) in [5.74, 6) is -0.661. The Kier molecular flexibility index (Phi) is 6.68. The van der Waals surface area contributed by atoms with Crippen molar-refractivity contribution in [1.82, 2.24) is 15.1 Å². The summed E-state index contributed by atoms with van der Waals surface area (Å²) in [6.07, 6.45) is -0.995. The van der Waals surface area contributed by atoms with Gasteiger partial charge in [-0.3, -0.25) is 14.5 Å². The molecular weight excluding hydrogens is 382 g/mol. The molecule has 0 saturated carbocycles. The van der Waals surface area contributed by atoms with Crippen LogP contribution in [0.15, 0.2) is 48.5 Å². The number of nitrogens with zero attached hydrogens (tertiary/aromatic N) is 2. The Labute approximate surface area is 176 Å².